The smallest absolute Gasteiger partial charge is 0.0553 e. The van der Waals surface area contributed by atoms with Gasteiger partial charge in [0.05, 0.1) is 22.1 Å². The van der Waals surface area contributed by atoms with Crippen molar-refractivity contribution in [2.75, 3.05) is 4.90 Å². The molecule has 0 saturated heterocycles. The Labute approximate surface area is 360 Å². The fraction of sp³-hybridized carbons (Fsp3) is 0.0508. The highest BCUT2D eigenvalue weighted by atomic mass is 15.1. The van der Waals surface area contributed by atoms with Gasteiger partial charge < -0.3 is 14.0 Å². The Morgan fingerprint density at radius 1 is 0.355 bits per heavy atom. The molecule has 2 aromatic heterocycles. The van der Waals surface area contributed by atoms with E-state index in [1.807, 2.05) is 0 Å². The fourth-order valence-electron chi connectivity index (χ4n) is 10.8. The van der Waals surface area contributed by atoms with Crippen molar-refractivity contribution >= 4 is 71.4 Å². The average molecular weight is 792 g/mol. The normalized spacial score (nSPS) is 13.1. The maximum Gasteiger partial charge on any atom is 0.0553 e. The van der Waals surface area contributed by atoms with Gasteiger partial charge >= 0.3 is 0 Å². The van der Waals surface area contributed by atoms with E-state index in [0.717, 1.165) is 22.7 Å². The first-order valence-corrected chi connectivity index (χ1v) is 21.6. The molecular weight excluding hydrogens is 751 g/mol. The summed E-state index contributed by atoms with van der Waals surface area (Å²) in [5, 5.41) is 7.64. The van der Waals surface area contributed by atoms with Crippen LogP contribution in [0, 0.1) is 0 Å². The van der Waals surface area contributed by atoms with Gasteiger partial charge in [-0.25, -0.2) is 0 Å². The largest absolute Gasteiger partial charge is 0.310 e. The molecule has 0 fully saturated rings. The van der Waals surface area contributed by atoms with E-state index in [1.54, 1.807) is 0 Å². The van der Waals surface area contributed by atoms with Crippen LogP contribution < -0.4 is 4.90 Å². The van der Waals surface area contributed by atoms with E-state index in [4.69, 9.17) is 0 Å². The van der Waals surface area contributed by atoms with E-state index in [1.165, 1.54) is 93.5 Å². The van der Waals surface area contributed by atoms with Crippen LogP contribution in [0.15, 0.2) is 212 Å². The SMILES string of the molecule is CC1(C)c2ccccc2-c2ccc(N(c3ccc(-c4cc5ccc6cccc7c6c5c(c4)n7-c4ccccc4)cc3)c3ccc4c(c3)c3ccccc3n4-c3ccccc3)cc21. The summed E-state index contributed by atoms with van der Waals surface area (Å²) in [6.45, 7) is 4.73. The van der Waals surface area contributed by atoms with Crippen LogP contribution in [0.1, 0.15) is 25.0 Å². The van der Waals surface area contributed by atoms with Crippen molar-refractivity contribution < 1.29 is 0 Å². The highest BCUT2D eigenvalue weighted by Gasteiger charge is 2.36. The Bertz CT molecular complexity index is 3700. The van der Waals surface area contributed by atoms with Gasteiger partial charge in [-0.15, -0.1) is 0 Å². The van der Waals surface area contributed by atoms with Gasteiger partial charge in [0.15, 0.2) is 0 Å². The lowest BCUT2D eigenvalue weighted by Crippen LogP contribution is -2.16. The zero-order valence-electron chi connectivity index (χ0n) is 34.5. The summed E-state index contributed by atoms with van der Waals surface area (Å²) in [4.78, 5) is 2.45. The molecule has 3 nitrogen and oxygen atoms in total. The predicted octanol–water partition coefficient (Wildman–Crippen LogP) is 15.9. The Morgan fingerprint density at radius 3 is 1.76 bits per heavy atom. The summed E-state index contributed by atoms with van der Waals surface area (Å²) in [7, 11) is 0. The Morgan fingerprint density at radius 2 is 0.952 bits per heavy atom. The molecule has 12 aromatic rings. The fourth-order valence-corrected chi connectivity index (χ4v) is 10.8. The Kier molecular flexibility index (Phi) is 7.36. The quantitative estimate of drug-likeness (QED) is 0.153. The summed E-state index contributed by atoms with van der Waals surface area (Å²) in [5.74, 6) is 0. The first kappa shape index (κ1) is 34.9. The molecule has 0 aliphatic heterocycles. The van der Waals surface area contributed by atoms with E-state index in [0.29, 0.717) is 0 Å². The van der Waals surface area contributed by atoms with Gasteiger partial charge in [0.2, 0.25) is 0 Å². The number of fused-ring (bicyclic) bond motifs is 6. The van der Waals surface area contributed by atoms with E-state index in [2.05, 4.69) is 240 Å². The van der Waals surface area contributed by atoms with E-state index in [-0.39, 0.29) is 5.41 Å². The zero-order valence-corrected chi connectivity index (χ0v) is 34.5. The van der Waals surface area contributed by atoms with Gasteiger partial charge in [-0.2, -0.15) is 0 Å². The molecule has 62 heavy (non-hydrogen) atoms. The van der Waals surface area contributed by atoms with Gasteiger partial charge in [-0.05, 0) is 135 Å². The number of hydrogen-bond donors (Lipinski definition) is 0. The molecule has 1 aliphatic carbocycles. The third-order valence-corrected chi connectivity index (χ3v) is 13.6. The maximum absolute atomic E-state index is 2.45. The molecule has 0 N–H and O–H groups in total. The second kappa shape index (κ2) is 13.1. The summed E-state index contributed by atoms with van der Waals surface area (Å²) in [6, 6.07) is 78.4. The van der Waals surface area contributed by atoms with E-state index in [9.17, 15) is 0 Å². The lowest BCUT2D eigenvalue weighted by molar-refractivity contribution is 0.660. The van der Waals surface area contributed by atoms with Crippen LogP contribution in [0.25, 0.3) is 88.0 Å². The standard InChI is InChI=1S/C59H41N3/c1-59(2)51-21-11-9-19-47(51)48-32-30-46(37-52(48)59)60(45-31-33-54-50(36-45)49-20-10-12-22-53(49)61(54)42-15-5-3-6-16-42)44-28-26-38(27-29-44)41-34-40-25-24-39-14-13-23-55-57(39)58(40)56(35-41)62(55)43-17-7-4-8-18-43/h3-37H,1-2H3. The predicted molar refractivity (Wildman–Crippen MR) is 261 cm³/mol. The molecule has 0 radical (unpaired) electrons. The molecular formula is C59H41N3. The number of hydrogen-bond acceptors (Lipinski definition) is 1. The monoisotopic (exact) mass is 791 g/mol. The molecule has 10 aromatic carbocycles. The van der Waals surface area contributed by atoms with E-state index < -0.39 is 0 Å². The molecule has 13 rings (SSSR count). The van der Waals surface area contributed by atoms with Gasteiger partial charge in [0.25, 0.3) is 0 Å². The minimum absolute atomic E-state index is 0.124. The highest BCUT2D eigenvalue weighted by Crippen LogP contribution is 2.51. The first-order chi connectivity index (χ1) is 30.5. The van der Waals surface area contributed by atoms with Gasteiger partial charge in [-0.3, -0.25) is 0 Å². The summed E-state index contributed by atoms with van der Waals surface area (Å²) in [6.07, 6.45) is 0. The van der Waals surface area contributed by atoms with Crippen molar-refractivity contribution in [3.05, 3.63) is 223 Å². The summed E-state index contributed by atoms with van der Waals surface area (Å²) < 4.78 is 4.82. The molecule has 292 valence electrons. The van der Waals surface area contributed by atoms with Crippen LogP contribution in [-0.2, 0) is 5.41 Å². The third kappa shape index (κ3) is 5.00. The minimum atomic E-state index is -0.124. The van der Waals surface area contributed by atoms with Crippen molar-refractivity contribution in [2.24, 2.45) is 0 Å². The number of para-hydroxylation sites is 3. The van der Waals surface area contributed by atoms with Crippen LogP contribution in [0.2, 0.25) is 0 Å². The van der Waals surface area contributed by atoms with E-state index >= 15 is 0 Å². The molecule has 0 saturated carbocycles. The molecule has 1 aliphatic rings. The van der Waals surface area contributed by atoms with Gasteiger partial charge in [0, 0.05) is 55.4 Å². The molecule has 0 atom stereocenters. The number of rotatable bonds is 6. The lowest BCUT2D eigenvalue weighted by Gasteiger charge is -2.28. The molecule has 0 unspecified atom stereocenters. The average Bonchev–Trinajstić information content (AvgIpc) is 3.92. The van der Waals surface area contributed by atoms with Gasteiger partial charge in [0.1, 0.15) is 0 Å². The second-order valence-electron chi connectivity index (χ2n) is 17.4. The molecule has 3 heteroatoms. The van der Waals surface area contributed by atoms with Gasteiger partial charge in [-0.1, -0.05) is 135 Å². The number of aromatic nitrogens is 2. The van der Waals surface area contributed by atoms with Crippen LogP contribution in [0.3, 0.4) is 0 Å². The zero-order chi connectivity index (χ0) is 41.1. The lowest BCUT2D eigenvalue weighted by atomic mass is 9.82. The molecule has 0 amide bonds. The summed E-state index contributed by atoms with van der Waals surface area (Å²) >= 11 is 0. The van der Waals surface area contributed by atoms with Crippen molar-refractivity contribution in [3.63, 3.8) is 0 Å². The molecule has 0 spiro atoms. The number of anilines is 3. The first-order valence-electron chi connectivity index (χ1n) is 21.6. The van der Waals surface area contributed by atoms with Crippen molar-refractivity contribution in [3.8, 4) is 33.6 Å². The van der Waals surface area contributed by atoms with Crippen molar-refractivity contribution in [2.45, 2.75) is 19.3 Å². The van der Waals surface area contributed by atoms with Crippen molar-refractivity contribution in [1.29, 1.82) is 0 Å². The summed E-state index contributed by atoms with van der Waals surface area (Å²) in [5.41, 5.74) is 18.2. The number of nitrogens with zero attached hydrogens (tertiary/aromatic N) is 3. The topological polar surface area (TPSA) is 13.1 Å². The molecule has 2 heterocycles. The second-order valence-corrected chi connectivity index (χ2v) is 17.4. The van der Waals surface area contributed by atoms with Crippen molar-refractivity contribution in [1.82, 2.24) is 9.13 Å². The Balaban J connectivity index is 0.991. The molecule has 0 bridgehead atoms. The third-order valence-electron chi connectivity index (χ3n) is 13.6. The number of benzene rings is 10. The van der Waals surface area contributed by atoms with Crippen LogP contribution >= 0.6 is 0 Å². The maximum atomic E-state index is 2.45. The minimum Gasteiger partial charge on any atom is -0.310 e. The van der Waals surface area contributed by atoms with Crippen LogP contribution in [0.5, 0.6) is 0 Å². The Hall–Kier alpha value is -7.88. The van der Waals surface area contributed by atoms with Crippen LogP contribution in [-0.4, -0.2) is 9.13 Å². The van der Waals surface area contributed by atoms with Crippen LogP contribution in [0.4, 0.5) is 17.1 Å². The highest BCUT2D eigenvalue weighted by molar-refractivity contribution is 6.25.